The Morgan fingerprint density at radius 3 is 2.09 bits per heavy atom. The molecule has 0 saturated carbocycles. The van der Waals surface area contributed by atoms with Crippen LogP contribution in [0.3, 0.4) is 0 Å². The van der Waals surface area contributed by atoms with Crippen molar-refractivity contribution in [3.8, 4) is 0 Å². The molecule has 0 aromatic carbocycles. The lowest BCUT2D eigenvalue weighted by Gasteiger charge is -2.29. The number of rotatable bonds is 6. The molecule has 11 heavy (non-hydrogen) atoms. The second-order valence-corrected chi connectivity index (χ2v) is 4.63. The van der Waals surface area contributed by atoms with Crippen molar-refractivity contribution >= 4 is 27.7 Å². The van der Waals surface area contributed by atoms with E-state index in [2.05, 4.69) is 36.0 Å². The van der Waals surface area contributed by atoms with Crippen LogP contribution in [0.4, 0.5) is 0 Å². The van der Waals surface area contributed by atoms with Crippen LogP contribution in [0.15, 0.2) is 0 Å². The van der Waals surface area contributed by atoms with E-state index in [9.17, 15) is 0 Å². The van der Waals surface area contributed by atoms with E-state index in [4.69, 9.17) is 0 Å². The molecule has 0 saturated heterocycles. The van der Waals surface area contributed by atoms with Crippen LogP contribution >= 0.6 is 27.7 Å². The summed E-state index contributed by atoms with van der Waals surface area (Å²) < 4.78 is 0. The minimum absolute atomic E-state index is 0.572. The molecule has 68 valence electrons. The Balaban J connectivity index is 3.84. The second kappa shape index (κ2) is 6.36. The van der Waals surface area contributed by atoms with Gasteiger partial charge < -0.3 is 0 Å². The fourth-order valence-electron chi connectivity index (χ4n) is 1.18. The number of alkyl halides is 1. The zero-order chi connectivity index (χ0) is 8.74. The first-order valence-electron chi connectivity index (χ1n) is 4.29. The molecule has 0 aliphatic heterocycles. The largest absolute Gasteiger partial charge is 0.165 e. The van der Waals surface area contributed by atoms with E-state index in [1.165, 1.54) is 25.0 Å². The maximum Gasteiger partial charge on any atom is 0.00880 e. The molecule has 0 radical (unpaired) electrons. The maximum atomic E-state index is 3.61. The van der Waals surface area contributed by atoms with E-state index < -0.39 is 0 Å². The van der Waals surface area contributed by atoms with Crippen LogP contribution in [-0.2, 0) is 0 Å². The molecule has 0 aromatic rings. The number of halogens is 1. The average Bonchev–Trinajstić information content (AvgIpc) is 2.08. The van der Waals surface area contributed by atoms with Gasteiger partial charge in [-0.2, -0.15) is 11.8 Å². The molecule has 0 spiro atoms. The molecule has 0 aromatic heterocycles. The van der Waals surface area contributed by atoms with Crippen LogP contribution in [0, 0.1) is 5.41 Å². The Morgan fingerprint density at radius 1 is 1.27 bits per heavy atom. The van der Waals surface area contributed by atoms with Crippen molar-refractivity contribution in [3.05, 3.63) is 0 Å². The van der Waals surface area contributed by atoms with Gasteiger partial charge in [-0.25, -0.2) is 0 Å². The maximum absolute atomic E-state index is 3.61. The molecule has 0 nitrogen and oxygen atoms in total. The topological polar surface area (TPSA) is 0 Å². The van der Waals surface area contributed by atoms with Crippen LogP contribution in [0.2, 0.25) is 0 Å². The van der Waals surface area contributed by atoms with Crippen molar-refractivity contribution in [2.75, 3.05) is 17.3 Å². The third kappa shape index (κ3) is 3.84. The van der Waals surface area contributed by atoms with Crippen molar-refractivity contribution in [3.63, 3.8) is 0 Å². The lowest BCUT2D eigenvalue weighted by atomic mass is 9.82. The average molecular weight is 239 g/mol. The summed E-state index contributed by atoms with van der Waals surface area (Å²) >= 11 is 5.57. The highest BCUT2D eigenvalue weighted by Gasteiger charge is 2.23. The van der Waals surface area contributed by atoms with Crippen LogP contribution in [-0.4, -0.2) is 17.3 Å². The fourth-order valence-corrected chi connectivity index (χ4v) is 2.89. The normalized spacial score (nSPS) is 12.0. The Bertz CT molecular complexity index is 81.3. The van der Waals surface area contributed by atoms with Crippen molar-refractivity contribution < 1.29 is 0 Å². The third-order valence-electron chi connectivity index (χ3n) is 2.62. The number of hydrogen-bond donors (Lipinski definition) is 0. The van der Waals surface area contributed by atoms with Gasteiger partial charge in [0.1, 0.15) is 0 Å². The van der Waals surface area contributed by atoms with Gasteiger partial charge in [0.05, 0.1) is 0 Å². The summed E-state index contributed by atoms with van der Waals surface area (Å²) in [7, 11) is 0. The molecule has 0 amide bonds. The van der Waals surface area contributed by atoms with Crippen LogP contribution in [0.1, 0.15) is 33.1 Å². The second-order valence-electron chi connectivity index (χ2n) is 3.08. The SMILES string of the molecule is CCC(CC)(CBr)CCSC. The van der Waals surface area contributed by atoms with Gasteiger partial charge in [-0.1, -0.05) is 29.8 Å². The predicted molar refractivity (Wildman–Crippen MR) is 59.8 cm³/mol. The Labute approximate surface area is 83.6 Å². The molecule has 0 N–H and O–H groups in total. The summed E-state index contributed by atoms with van der Waals surface area (Å²) in [6.07, 6.45) is 6.14. The Kier molecular flexibility index (Phi) is 6.84. The number of thioether (sulfide) groups is 1. The third-order valence-corrected chi connectivity index (χ3v) is 4.42. The van der Waals surface area contributed by atoms with E-state index >= 15 is 0 Å². The summed E-state index contributed by atoms with van der Waals surface area (Å²) in [4.78, 5) is 0. The highest BCUT2D eigenvalue weighted by molar-refractivity contribution is 9.09. The molecule has 0 aliphatic carbocycles. The van der Waals surface area contributed by atoms with E-state index in [1.54, 1.807) is 0 Å². The Morgan fingerprint density at radius 2 is 1.82 bits per heavy atom. The monoisotopic (exact) mass is 238 g/mol. The minimum atomic E-state index is 0.572. The molecule has 0 aliphatic rings. The van der Waals surface area contributed by atoms with E-state index in [0.29, 0.717) is 5.41 Å². The zero-order valence-corrected chi connectivity index (χ0v) is 10.2. The highest BCUT2D eigenvalue weighted by atomic mass is 79.9. The molecule has 0 heterocycles. The van der Waals surface area contributed by atoms with Crippen molar-refractivity contribution in [2.45, 2.75) is 33.1 Å². The molecule has 0 fully saturated rings. The standard InChI is InChI=1S/C9H19BrS/c1-4-9(5-2,8-10)6-7-11-3/h4-8H2,1-3H3. The van der Waals surface area contributed by atoms with Gasteiger partial charge in [0.25, 0.3) is 0 Å². The van der Waals surface area contributed by atoms with Gasteiger partial charge in [0, 0.05) is 5.33 Å². The highest BCUT2D eigenvalue weighted by Crippen LogP contribution is 2.33. The first-order chi connectivity index (χ1) is 5.24. The molecule has 0 atom stereocenters. The van der Waals surface area contributed by atoms with E-state index in [-0.39, 0.29) is 0 Å². The van der Waals surface area contributed by atoms with E-state index in [0.717, 1.165) is 5.33 Å². The van der Waals surface area contributed by atoms with Gasteiger partial charge in [-0.15, -0.1) is 0 Å². The zero-order valence-electron chi connectivity index (χ0n) is 7.82. The first kappa shape index (κ1) is 11.8. The smallest absolute Gasteiger partial charge is 0.00880 e. The van der Waals surface area contributed by atoms with Crippen LogP contribution in [0.5, 0.6) is 0 Å². The summed E-state index contributed by atoms with van der Waals surface area (Å²) in [6, 6.07) is 0. The lowest BCUT2D eigenvalue weighted by Crippen LogP contribution is -2.21. The minimum Gasteiger partial charge on any atom is -0.165 e. The van der Waals surface area contributed by atoms with E-state index in [1.807, 2.05) is 11.8 Å². The molecule has 0 bridgehead atoms. The molecule has 0 rings (SSSR count). The summed E-state index contributed by atoms with van der Waals surface area (Å²) in [5.74, 6) is 1.30. The first-order valence-corrected chi connectivity index (χ1v) is 6.81. The van der Waals surface area contributed by atoms with Crippen molar-refractivity contribution in [1.29, 1.82) is 0 Å². The molecular formula is C9H19BrS. The summed E-state index contributed by atoms with van der Waals surface area (Å²) in [6.45, 7) is 4.59. The molecule has 2 heteroatoms. The van der Waals surface area contributed by atoms with Gasteiger partial charge in [0.2, 0.25) is 0 Å². The number of hydrogen-bond acceptors (Lipinski definition) is 1. The summed E-state index contributed by atoms with van der Waals surface area (Å²) in [5, 5.41) is 1.16. The van der Waals surface area contributed by atoms with Gasteiger partial charge in [0.15, 0.2) is 0 Å². The van der Waals surface area contributed by atoms with Crippen LogP contribution in [0.25, 0.3) is 0 Å². The molecular weight excluding hydrogens is 220 g/mol. The lowest BCUT2D eigenvalue weighted by molar-refractivity contribution is 0.300. The van der Waals surface area contributed by atoms with Gasteiger partial charge in [-0.05, 0) is 36.7 Å². The molecule has 0 unspecified atom stereocenters. The van der Waals surface area contributed by atoms with Crippen molar-refractivity contribution in [1.82, 2.24) is 0 Å². The summed E-state index contributed by atoms with van der Waals surface area (Å²) in [5.41, 5.74) is 0.572. The fraction of sp³-hybridized carbons (Fsp3) is 1.00. The van der Waals surface area contributed by atoms with Gasteiger partial charge in [-0.3, -0.25) is 0 Å². The van der Waals surface area contributed by atoms with Crippen molar-refractivity contribution in [2.24, 2.45) is 5.41 Å². The Hall–Kier alpha value is 0.830. The van der Waals surface area contributed by atoms with Gasteiger partial charge >= 0.3 is 0 Å². The van der Waals surface area contributed by atoms with Crippen LogP contribution < -0.4 is 0 Å². The predicted octanol–water partition coefficient (Wildman–Crippen LogP) is 3.94. The quantitative estimate of drug-likeness (QED) is 0.632.